The van der Waals surface area contributed by atoms with Gasteiger partial charge in [-0.1, -0.05) is 25.3 Å². The van der Waals surface area contributed by atoms with Gasteiger partial charge in [-0.15, -0.1) is 0 Å². The number of hydrogen-bond acceptors (Lipinski definition) is 7. The van der Waals surface area contributed by atoms with Crippen molar-refractivity contribution in [3.8, 4) is 0 Å². The highest BCUT2D eigenvalue weighted by atomic mass is 31.1. The van der Waals surface area contributed by atoms with Crippen molar-refractivity contribution in [2.24, 2.45) is 52.3 Å². The molecule has 9 unspecified atom stereocenters. The van der Waals surface area contributed by atoms with E-state index in [-0.39, 0.29) is 50.4 Å². The van der Waals surface area contributed by atoms with Crippen LogP contribution in [0.5, 0.6) is 0 Å². The summed E-state index contributed by atoms with van der Waals surface area (Å²) in [5.74, 6) is -0.197. The van der Waals surface area contributed by atoms with Gasteiger partial charge in [-0.2, -0.15) is 0 Å². The number of carboxylic acid groups (broad SMARTS) is 2. The van der Waals surface area contributed by atoms with Crippen LogP contribution in [0.25, 0.3) is 0 Å². The number of amides is 1. The summed E-state index contributed by atoms with van der Waals surface area (Å²) in [5.41, 5.74) is 0.675. The van der Waals surface area contributed by atoms with Crippen molar-refractivity contribution in [2.75, 3.05) is 19.1 Å². The van der Waals surface area contributed by atoms with E-state index in [1.807, 2.05) is 0 Å². The number of carboxylic acids is 2. The standard InChI is InChI=1S/C34H54NO9P/c1-21(4-11-31(40)44-20-35-29(37)14-17-45(43)19-22(32(41)42)5-10-30(38)39)26-8-9-27-25-7-6-23-18-24(36)12-15-33(23,2)28(25)13-16-34(26,27)3/h21-28,36H,4-20H2,1-3H3,(H2-,35,37,38,39,41,42)/p+1/t21-,22?,23?,24-,25?,26?,27?,28?,33?,34?/m1/s1. The van der Waals surface area contributed by atoms with E-state index in [2.05, 4.69) is 26.1 Å². The third-order valence-electron chi connectivity index (χ3n) is 12.8. The summed E-state index contributed by atoms with van der Waals surface area (Å²) in [7, 11) is -1.98. The normalized spacial score (nSPS) is 35.6. The van der Waals surface area contributed by atoms with E-state index in [0.29, 0.717) is 35.0 Å². The summed E-state index contributed by atoms with van der Waals surface area (Å²) in [6, 6.07) is 0. The van der Waals surface area contributed by atoms with Crippen LogP contribution in [0.1, 0.15) is 111 Å². The molecule has 4 rings (SSSR count). The molecule has 4 aliphatic carbocycles. The Hall–Kier alpha value is -2.06. The number of ether oxygens (including phenoxy) is 1. The molecular weight excluding hydrogens is 597 g/mol. The van der Waals surface area contributed by atoms with Crippen LogP contribution in [0, 0.1) is 52.3 Å². The fourth-order valence-corrected chi connectivity index (χ4v) is 11.7. The highest BCUT2D eigenvalue weighted by molar-refractivity contribution is 7.44. The van der Waals surface area contributed by atoms with Crippen LogP contribution in [-0.2, 0) is 28.5 Å². The molecule has 4 N–H and O–H groups in total. The lowest BCUT2D eigenvalue weighted by Gasteiger charge is -2.61. The molecule has 4 fully saturated rings. The number of aliphatic carboxylic acids is 2. The zero-order chi connectivity index (χ0) is 32.9. The molecule has 11 atom stereocenters. The molecule has 0 spiro atoms. The first-order valence-electron chi connectivity index (χ1n) is 17.2. The average molecular weight is 653 g/mol. The molecule has 45 heavy (non-hydrogen) atoms. The molecular formula is C34H55NO9P+. The Balaban J connectivity index is 1.16. The fourth-order valence-electron chi connectivity index (χ4n) is 10.3. The monoisotopic (exact) mass is 652 g/mol. The zero-order valence-electron chi connectivity index (χ0n) is 27.4. The van der Waals surface area contributed by atoms with Crippen LogP contribution in [-0.4, -0.2) is 64.3 Å². The van der Waals surface area contributed by atoms with E-state index >= 15 is 0 Å². The summed E-state index contributed by atoms with van der Waals surface area (Å²) in [5, 5.41) is 30.8. The summed E-state index contributed by atoms with van der Waals surface area (Å²) in [4.78, 5) is 46.7. The van der Waals surface area contributed by atoms with Crippen LogP contribution >= 0.6 is 7.80 Å². The van der Waals surface area contributed by atoms with Gasteiger partial charge in [0, 0.05) is 12.8 Å². The maximum atomic E-state index is 12.5. The maximum absolute atomic E-state index is 12.5. The quantitative estimate of drug-likeness (QED) is 0.0968. The number of esters is 1. The van der Waals surface area contributed by atoms with Crippen LogP contribution in [0.4, 0.5) is 0 Å². The van der Waals surface area contributed by atoms with Gasteiger partial charge in [-0.25, -0.2) is 0 Å². The molecule has 4 saturated carbocycles. The number of hydrogen-bond donors (Lipinski definition) is 4. The second-order valence-corrected chi connectivity index (χ2v) is 17.0. The molecule has 4 aliphatic rings. The predicted octanol–water partition coefficient (Wildman–Crippen LogP) is 5.82. The molecule has 11 heteroatoms. The van der Waals surface area contributed by atoms with Crippen molar-refractivity contribution in [3.05, 3.63) is 0 Å². The van der Waals surface area contributed by atoms with Crippen LogP contribution < -0.4 is 5.32 Å². The van der Waals surface area contributed by atoms with Gasteiger partial charge in [-0.05, 0) is 117 Å². The van der Waals surface area contributed by atoms with E-state index in [1.54, 1.807) is 0 Å². The maximum Gasteiger partial charge on any atom is 0.340 e. The minimum Gasteiger partial charge on any atom is -0.481 e. The minimum absolute atomic E-state index is 0.0187. The number of rotatable bonds is 15. The van der Waals surface area contributed by atoms with Crippen molar-refractivity contribution in [1.29, 1.82) is 0 Å². The first-order chi connectivity index (χ1) is 21.2. The van der Waals surface area contributed by atoms with Gasteiger partial charge in [0.25, 0.3) is 0 Å². The van der Waals surface area contributed by atoms with E-state index in [9.17, 15) is 34.0 Å². The summed E-state index contributed by atoms with van der Waals surface area (Å²) >= 11 is 0. The predicted molar refractivity (Wildman–Crippen MR) is 169 cm³/mol. The van der Waals surface area contributed by atoms with Gasteiger partial charge < -0.3 is 25.4 Å². The lowest BCUT2D eigenvalue weighted by atomic mass is 9.44. The summed E-state index contributed by atoms with van der Waals surface area (Å²) in [6.45, 7) is 7.05. The zero-order valence-corrected chi connectivity index (χ0v) is 28.3. The number of carbonyl (C=O) groups excluding carboxylic acids is 2. The van der Waals surface area contributed by atoms with Crippen molar-refractivity contribution >= 4 is 31.6 Å². The number of aliphatic hydroxyl groups is 1. The summed E-state index contributed by atoms with van der Waals surface area (Å²) < 4.78 is 17.5. The van der Waals surface area contributed by atoms with E-state index in [1.165, 1.54) is 38.5 Å². The average Bonchev–Trinajstić information content (AvgIpc) is 3.34. The molecule has 10 nitrogen and oxygen atoms in total. The van der Waals surface area contributed by atoms with Gasteiger partial charge in [-0.3, -0.25) is 19.2 Å². The Morgan fingerprint density at radius 2 is 1.62 bits per heavy atom. The molecule has 0 aromatic rings. The van der Waals surface area contributed by atoms with Crippen molar-refractivity contribution < 1.29 is 43.8 Å². The van der Waals surface area contributed by atoms with Crippen molar-refractivity contribution in [2.45, 2.75) is 117 Å². The third-order valence-corrected chi connectivity index (χ3v) is 14.3. The highest BCUT2D eigenvalue weighted by Gasteiger charge is 2.60. The molecule has 0 aliphatic heterocycles. The molecule has 0 bridgehead atoms. The Labute approximate surface area is 268 Å². The Morgan fingerprint density at radius 3 is 2.33 bits per heavy atom. The largest absolute Gasteiger partial charge is 0.481 e. The second kappa shape index (κ2) is 15.2. The lowest BCUT2D eigenvalue weighted by molar-refractivity contribution is -0.146. The molecule has 254 valence electrons. The smallest absolute Gasteiger partial charge is 0.340 e. The number of fused-ring (bicyclic) bond motifs is 5. The number of aliphatic hydroxyl groups excluding tert-OH is 1. The number of nitrogens with one attached hydrogen (secondary N) is 1. The number of carbonyl (C=O) groups is 4. The van der Waals surface area contributed by atoms with E-state index in [4.69, 9.17) is 9.84 Å². The van der Waals surface area contributed by atoms with Crippen LogP contribution in [0.2, 0.25) is 0 Å². The first kappa shape index (κ1) is 35.8. The molecule has 1 amide bonds. The molecule has 0 aromatic carbocycles. The molecule has 0 saturated heterocycles. The molecule has 0 heterocycles. The summed E-state index contributed by atoms with van der Waals surface area (Å²) in [6.07, 6.45) is 10.9. The van der Waals surface area contributed by atoms with Gasteiger partial charge >= 0.3 is 25.7 Å². The Morgan fingerprint density at radius 1 is 0.911 bits per heavy atom. The molecule has 0 radical (unpaired) electrons. The SMILES string of the molecule is C[C@H](CCC(=O)OCNC(=O)CC[P+](=O)CC(CCC(=O)O)C(=O)O)C1CCC2C3CCC4C[C@H](O)CCC4(C)C3CCC21C. The van der Waals surface area contributed by atoms with Crippen LogP contribution in [0.15, 0.2) is 0 Å². The molecule has 0 aromatic heterocycles. The van der Waals surface area contributed by atoms with Crippen molar-refractivity contribution in [1.82, 2.24) is 5.32 Å². The Kier molecular flexibility index (Phi) is 12.1. The Bertz CT molecular complexity index is 1120. The van der Waals surface area contributed by atoms with Gasteiger partial charge in [0.15, 0.2) is 19.1 Å². The first-order valence-corrected chi connectivity index (χ1v) is 18.8. The van der Waals surface area contributed by atoms with E-state index < -0.39 is 31.6 Å². The van der Waals surface area contributed by atoms with Gasteiger partial charge in [0.2, 0.25) is 5.91 Å². The van der Waals surface area contributed by atoms with Crippen molar-refractivity contribution in [3.63, 3.8) is 0 Å². The van der Waals surface area contributed by atoms with Crippen LogP contribution in [0.3, 0.4) is 0 Å². The topological polar surface area (TPSA) is 167 Å². The van der Waals surface area contributed by atoms with Gasteiger partial charge in [0.05, 0.1) is 12.5 Å². The lowest BCUT2D eigenvalue weighted by Crippen LogP contribution is -2.54. The van der Waals surface area contributed by atoms with E-state index in [0.717, 1.165) is 43.4 Å². The second-order valence-electron chi connectivity index (χ2n) is 15.2. The van der Waals surface area contributed by atoms with Gasteiger partial charge in [0.1, 0.15) is 5.92 Å². The highest BCUT2D eigenvalue weighted by Crippen LogP contribution is 2.68. The minimum atomic E-state index is -1.98. The fraction of sp³-hybridized carbons (Fsp3) is 0.882. The third kappa shape index (κ3) is 8.46.